The van der Waals surface area contributed by atoms with Gasteiger partial charge in [-0.25, -0.2) is 4.79 Å². The van der Waals surface area contributed by atoms with Gasteiger partial charge in [0.2, 0.25) is 0 Å². The number of oxime groups is 1. The number of non-ortho nitro benzene ring substituents is 1. The fourth-order valence-corrected chi connectivity index (χ4v) is 1.74. The summed E-state index contributed by atoms with van der Waals surface area (Å²) in [5.41, 5.74) is -0.589. The van der Waals surface area contributed by atoms with Crippen molar-refractivity contribution in [3.8, 4) is 0 Å². The molecule has 0 bridgehead atoms. The maximum absolute atomic E-state index is 12.4. The predicted octanol–water partition coefficient (Wildman–Crippen LogP) is 4.20. The first kappa shape index (κ1) is 17.9. The van der Waals surface area contributed by atoms with Gasteiger partial charge in [0, 0.05) is 23.4 Å². The monoisotopic (exact) mass is 353 g/mol. The van der Waals surface area contributed by atoms with Crippen LogP contribution in [-0.4, -0.2) is 17.2 Å². The van der Waals surface area contributed by atoms with Crippen LogP contribution in [0.2, 0.25) is 0 Å². The van der Waals surface area contributed by atoms with Gasteiger partial charge in [-0.3, -0.25) is 20.3 Å². The third-order valence-corrected chi connectivity index (χ3v) is 2.88. The average molecular weight is 353 g/mol. The second-order valence-electron chi connectivity index (χ2n) is 4.67. The van der Waals surface area contributed by atoms with Crippen LogP contribution in [-0.2, 0) is 11.0 Å². The molecule has 0 radical (unpaired) electrons. The smallest absolute Gasteiger partial charge is 0.298 e. The van der Waals surface area contributed by atoms with Crippen molar-refractivity contribution in [1.82, 2.24) is 0 Å². The van der Waals surface area contributed by atoms with E-state index in [1.165, 1.54) is 24.3 Å². The highest BCUT2D eigenvalue weighted by Crippen LogP contribution is 2.29. The lowest BCUT2D eigenvalue weighted by molar-refractivity contribution is -0.384. The van der Waals surface area contributed by atoms with Crippen LogP contribution in [0, 0.1) is 10.1 Å². The predicted molar refractivity (Wildman–Crippen MR) is 82.2 cm³/mol. The molecule has 0 heterocycles. The third-order valence-electron chi connectivity index (χ3n) is 2.88. The zero-order chi connectivity index (χ0) is 18.4. The SMILES string of the molecule is O=C(Nc1ccc(C(F)(F)F)cc1)ON=Cc1cccc([N+](=O)[O-])c1. The normalized spacial score (nSPS) is 11.3. The minimum Gasteiger partial charge on any atom is -0.298 e. The van der Waals surface area contributed by atoms with Crippen LogP contribution in [0.25, 0.3) is 0 Å². The molecule has 0 aliphatic heterocycles. The van der Waals surface area contributed by atoms with Crippen LogP contribution in [0.15, 0.2) is 53.7 Å². The van der Waals surface area contributed by atoms with E-state index in [2.05, 4.69) is 15.3 Å². The number of benzene rings is 2. The lowest BCUT2D eigenvalue weighted by Crippen LogP contribution is -2.11. The van der Waals surface area contributed by atoms with Gasteiger partial charge in [-0.05, 0) is 24.3 Å². The fraction of sp³-hybridized carbons (Fsp3) is 0.0667. The molecule has 130 valence electrons. The number of halogens is 3. The van der Waals surface area contributed by atoms with Gasteiger partial charge in [0.25, 0.3) is 5.69 Å². The standard InChI is InChI=1S/C15H10F3N3O4/c16-15(17,18)11-4-6-12(7-5-11)20-14(22)25-19-9-10-2-1-3-13(8-10)21(23)24/h1-9H,(H,20,22). The van der Waals surface area contributed by atoms with E-state index in [1.807, 2.05) is 0 Å². The van der Waals surface area contributed by atoms with E-state index in [0.717, 1.165) is 30.5 Å². The van der Waals surface area contributed by atoms with Gasteiger partial charge < -0.3 is 0 Å². The molecule has 0 aliphatic carbocycles. The molecule has 0 spiro atoms. The summed E-state index contributed by atoms with van der Waals surface area (Å²) in [5.74, 6) is 0. The van der Waals surface area contributed by atoms with Crippen molar-refractivity contribution in [3.63, 3.8) is 0 Å². The number of amides is 1. The van der Waals surface area contributed by atoms with Gasteiger partial charge in [0.05, 0.1) is 16.7 Å². The first-order chi connectivity index (χ1) is 11.8. The first-order valence-electron chi connectivity index (χ1n) is 6.69. The number of nitro groups is 1. The molecule has 0 saturated carbocycles. The molecular weight excluding hydrogens is 343 g/mol. The second kappa shape index (κ2) is 7.43. The molecule has 2 rings (SSSR count). The summed E-state index contributed by atoms with van der Waals surface area (Å²) in [6.07, 6.45) is -4.41. The first-order valence-corrected chi connectivity index (χ1v) is 6.69. The summed E-state index contributed by atoms with van der Waals surface area (Å²) in [6, 6.07) is 9.19. The molecular formula is C15H10F3N3O4. The molecule has 0 atom stereocenters. The summed E-state index contributed by atoms with van der Waals surface area (Å²) in [7, 11) is 0. The molecule has 7 nitrogen and oxygen atoms in total. The van der Waals surface area contributed by atoms with Crippen molar-refractivity contribution < 1.29 is 27.7 Å². The van der Waals surface area contributed by atoms with E-state index in [1.54, 1.807) is 0 Å². The van der Waals surface area contributed by atoms with Crippen molar-refractivity contribution >= 4 is 23.7 Å². The van der Waals surface area contributed by atoms with Crippen LogP contribution < -0.4 is 5.32 Å². The molecule has 0 saturated heterocycles. The Kier molecular flexibility index (Phi) is 5.32. The van der Waals surface area contributed by atoms with Gasteiger partial charge in [0.1, 0.15) is 0 Å². The second-order valence-corrected chi connectivity index (χ2v) is 4.67. The number of anilines is 1. The highest BCUT2D eigenvalue weighted by atomic mass is 19.4. The summed E-state index contributed by atoms with van der Waals surface area (Å²) in [4.78, 5) is 26.0. The highest BCUT2D eigenvalue weighted by molar-refractivity contribution is 5.86. The zero-order valence-electron chi connectivity index (χ0n) is 12.4. The number of hydrogen-bond donors (Lipinski definition) is 1. The van der Waals surface area contributed by atoms with Crippen LogP contribution in [0.1, 0.15) is 11.1 Å². The topological polar surface area (TPSA) is 93.8 Å². The van der Waals surface area contributed by atoms with E-state index in [4.69, 9.17) is 0 Å². The van der Waals surface area contributed by atoms with Crippen molar-refractivity contribution in [3.05, 3.63) is 69.8 Å². The molecule has 2 aromatic rings. The van der Waals surface area contributed by atoms with E-state index in [-0.39, 0.29) is 11.4 Å². The Bertz CT molecular complexity index is 804. The Hall–Kier alpha value is -3.43. The quantitative estimate of drug-likeness (QED) is 0.386. The Morgan fingerprint density at radius 2 is 1.88 bits per heavy atom. The van der Waals surface area contributed by atoms with Crippen molar-refractivity contribution in [1.29, 1.82) is 0 Å². The van der Waals surface area contributed by atoms with Gasteiger partial charge in [-0.1, -0.05) is 17.3 Å². The average Bonchev–Trinajstić information content (AvgIpc) is 2.54. The molecule has 0 fully saturated rings. The molecule has 25 heavy (non-hydrogen) atoms. The number of carbonyl (C=O) groups is 1. The van der Waals surface area contributed by atoms with Gasteiger partial charge in [0.15, 0.2) is 0 Å². The van der Waals surface area contributed by atoms with Gasteiger partial charge in [-0.2, -0.15) is 13.2 Å². The highest BCUT2D eigenvalue weighted by Gasteiger charge is 2.29. The molecule has 10 heteroatoms. The maximum Gasteiger partial charge on any atom is 0.437 e. The van der Waals surface area contributed by atoms with E-state index < -0.39 is 22.8 Å². The summed E-state index contributed by atoms with van der Waals surface area (Å²) in [6.45, 7) is 0. The number of nitrogens with one attached hydrogen (secondary N) is 1. The number of alkyl halides is 3. The fourth-order valence-electron chi connectivity index (χ4n) is 1.74. The number of hydrogen-bond acceptors (Lipinski definition) is 5. The Balaban J connectivity index is 1.92. The van der Waals surface area contributed by atoms with Gasteiger partial charge >= 0.3 is 12.3 Å². The van der Waals surface area contributed by atoms with Crippen LogP contribution >= 0.6 is 0 Å². The van der Waals surface area contributed by atoms with Crippen molar-refractivity contribution in [2.24, 2.45) is 5.16 Å². The van der Waals surface area contributed by atoms with Crippen molar-refractivity contribution in [2.75, 3.05) is 5.32 Å². The molecule has 1 N–H and O–H groups in total. The Morgan fingerprint density at radius 1 is 1.20 bits per heavy atom. The number of carbonyl (C=O) groups excluding carboxylic acids is 1. The maximum atomic E-state index is 12.4. The van der Waals surface area contributed by atoms with E-state index in [0.29, 0.717) is 5.56 Å². The molecule has 1 amide bonds. The van der Waals surface area contributed by atoms with E-state index >= 15 is 0 Å². The lowest BCUT2D eigenvalue weighted by Gasteiger charge is -2.07. The van der Waals surface area contributed by atoms with E-state index in [9.17, 15) is 28.1 Å². The largest absolute Gasteiger partial charge is 0.437 e. The zero-order valence-corrected chi connectivity index (χ0v) is 12.4. The minimum absolute atomic E-state index is 0.0866. The number of rotatable bonds is 4. The lowest BCUT2D eigenvalue weighted by atomic mass is 10.2. The summed E-state index contributed by atoms with van der Waals surface area (Å²) < 4.78 is 37.2. The molecule has 0 aromatic heterocycles. The minimum atomic E-state index is -4.47. The summed E-state index contributed by atoms with van der Waals surface area (Å²) >= 11 is 0. The van der Waals surface area contributed by atoms with Gasteiger partial charge in [-0.15, -0.1) is 0 Å². The molecule has 0 aliphatic rings. The third kappa shape index (κ3) is 5.30. The number of nitro benzene ring substituents is 1. The number of nitrogens with zero attached hydrogens (tertiary/aromatic N) is 2. The van der Waals surface area contributed by atoms with Crippen LogP contribution in [0.5, 0.6) is 0 Å². The Morgan fingerprint density at radius 3 is 2.48 bits per heavy atom. The Labute approximate surface area is 138 Å². The van der Waals surface area contributed by atoms with Crippen molar-refractivity contribution in [2.45, 2.75) is 6.18 Å². The van der Waals surface area contributed by atoms with Crippen LogP contribution in [0.3, 0.4) is 0 Å². The molecule has 0 unspecified atom stereocenters. The summed E-state index contributed by atoms with van der Waals surface area (Å²) in [5, 5.41) is 16.2. The molecule has 2 aromatic carbocycles. The van der Waals surface area contributed by atoms with Crippen LogP contribution in [0.4, 0.5) is 29.3 Å².